The van der Waals surface area contributed by atoms with E-state index in [1.54, 1.807) is 7.11 Å². The van der Waals surface area contributed by atoms with E-state index in [1.807, 2.05) is 26.0 Å². The third kappa shape index (κ3) is 4.25. The molecule has 2 N–H and O–H groups in total. The number of aromatic nitrogens is 3. The smallest absolute Gasteiger partial charge is 0.213 e. The Labute approximate surface area is 167 Å². The van der Waals surface area contributed by atoms with Gasteiger partial charge in [-0.1, -0.05) is 13.8 Å². The number of hydrogen-bond acceptors (Lipinski definition) is 7. The van der Waals surface area contributed by atoms with Gasteiger partial charge in [0.2, 0.25) is 5.88 Å². The number of pyridine rings is 1. The molecule has 1 aliphatic heterocycles. The maximum Gasteiger partial charge on any atom is 0.213 e. The number of hydrogen-bond donors (Lipinski definition) is 2. The molecular formula is C21H31N5O2. The van der Waals surface area contributed by atoms with Crippen molar-refractivity contribution < 1.29 is 9.47 Å². The van der Waals surface area contributed by atoms with Crippen LogP contribution in [0.25, 0.3) is 11.3 Å². The Balaban J connectivity index is 1.96. The Hall–Kier alpha value is -2.25. The SMILES string of the molecule is CCO[C@H]1CNC[C@H]1Nc1nc(CC)c(-c2ccc(OC)nc2C)nc1CC. The highest BCUT2D eigenvalue weighted by Crippen LogP contribution is 2.28. The molecule has 0 aliphatic carbocycles. The predicted molar refractivity (Wildman–Crippen MR) is 111 cm³/mol. The van der Waals surface area contributed by atoms with Crippen molar-refractivity contribution in [3.05, 3.63) is 29.2 Å². The quantitative estimate of drug-likeness (QED) is 0.723. The van der Waals surface area contributed by atoms with Gasteiger partial charge in [0.15, 0.2) is 0 Å². The van der Waals surface area contributed by atoms with Gasteiger partial charge < -0.3 is 20.1 Å². The van der Waals surface area contributed by atoms with Gasteiger partial charge in [-0.25, -0.2) is 15.0 Å². The second kappa shape index (κ2) is 9.30. The number of anilines is 1. The minimum absolute atomic E-state index is 0.147. The van der Waals surface area contributed by atoms with E-state index in [2.05, 4.69) is 29.5 Å². The van der Waals surface area contributed by atoms with E-state index < -0.39 is 0 Å². The molecule has 7 nitrogen and oxygen atoms in total. The van der Waals surface area contributed by atoms with Crippen LogP contribution in [0.5, 0.6) is 5.88 Å². The fourth-order valence-corrected chi connectivity index (χ4v) is 3.59. The summed E-state index contributed by atoms with van der Waals surface area (Å²) < 4.78 is 11.1. The van der Waals surface area contributed by atoms with E-state index in [1.165, 1.54) is 0 Å². The monoisotopic (exact) mass is 385 g/mol. The van der Waals surface area contributed by atoms with E-state index in [-0.39, 0.29) is 12.1 Å². The van der Waals surface area contributed by atoms with Crippen LogP contribution in [0.3, 0.4) is 0 Å². The maximum absolute atomic E-state index is 5.86. The van der Waals surface area contributed by atoms with Crippen molar-refractivity contribution in [2.45, 2.75) is 52.7 Å². The van der Waals surface area contributed by atoms with E-state index in [9.17, 15) is 0 Å². The zero-order valence-corrected chi connectivity index (χ0v) is 17.5. The standard InChI is InChI=1S/C21H31N5O2/c1-6-15-20(14-9-10-19(27-5)23-13(14)4)24-16(7-2)21(25-15)26-17-11-22-12-18(17)28-8-3/h9-10,17-18,22H,6-8,11-12H2,1-5H3,(H,25,26)/t17-,18+/m1/s1. The lowest BCUT2D eigenvalue weighted by molar-refractivity contribution is 0.0709. The molecule has 3 heterocycles. The molecule has 0 unspecified atom stereocenters. The molecule has 7 heteroatoms. The lowest BCUT2D eigenvalue weighted by Crippen LogP contribution is -2.35. The van der Waals surface area contributed by atoms with Crippen molar-refractivity contribution in [2.24, 2.45) is 0 Å². The van der Waals surface area contributed by atoms with Crippen LogP contribution in [-0.2, 0) is 17.6 Å². The summed E-state index contributed by atoms with van der Waals surface area (Å²) >= 11 is 0. The van der Waals surface area contributed by atoms with Crippen LogP contribution in [0.2, 0.25) is 0 Å². The van der Waals surface area contributed by atoms with Crippen LogP contribution >= 0.6 is 0 Å². The Morgan fingerprint density at radius 1 is 1.07 bits per heavy atom. The molecular weight excluding hydrogens is 354 g/mol. The fourth-order valence-electron chi connectivity index (χ4n) is 3.59. The number of ether oxygens (including phenoxy) is 2. The van der Waals surface area contributed by atoms with Gasteiger partial charge in [-0.2, -0.15) is 0 Å². The topological polar surface area (TPSA) is 81.2 Å². The van der Waals surface area contributed by atoms with Crippen molar-refractivity contribution in [1.82, 2.24) is 20.3 Å². The van der Waals surface area contributed by atoms with Crippen molar-refractivity contribution in [2.75, 3.05) is 32.1 Å². The fraction of sp³-hybridized carbons (Fsp3) is 0.571. The van der Waals surface area contributed by atoms with Gasteiger partial charge in [0, 0.05) is 31.3 Å². The summed E-state index contributed by atoms with van der Waals surface area (Å²) in [7, 11) is 1.63. The molecule has 0 amide bonds. The Morgan fingerprint density at radius 3 is 2.50 bits per heavy atom. The molecule has 28 heavy (non-hydrogen) atoms. The van der Waals surface area contributed by atoms with Gasteiger partial charge in [0.25, 0.3) is 0 Å². The second-order valence-corrected chi connectivity index (χ2v) is 6.91. The van der Waals surface area contributed by atoms with Crippen LogP contribution in [0.1, 0.15) is 37.9 Å². The molecule has 2 atom stereocenters. The van der Waals surface area contributed by atoms with Crippen molar-refractivity contribution in [3.63, 3.8) is 0 Å². The van der Waals surface area contributed by atoms with E-state index in [0.717, 1.165) is 60.1 Å². The lowest BCUT2D eigenvalue weighted by atomic mass is 10.1. The molecule has 1 saturated heterocycles. The minimum Gasteiger partial charge on any atom is -0.481 e. The average molecular weight is 386 g/mol. The molecule has 0 bridgehead atoms. The van der Waals surface area contributed by atoms with Crippen molar-refractivity contribution in [3.8, 4) is 17.1 Å². The Kier molecular flexibility index (Phi) is 6.80. The summed E-state index contributed by atoms with van der Waals surface area (Å²) in [6.07, 6.45) is 1.74. The first-order valence-corrected chi connectivity index (χ1v) is 10.1. The molecule has 1 aliphatic rings. The van der Waals surface area contributed by atoms with Crippen molar-refractivity contribution >= 4 is 5.82 Å². The summed E-state index contributed by atoms with van der Waals surface area (Å²) in [5.41, 5.74) is 4.73. The van der Waals surface area contributed by atoms with Crippen molar-refractivity contribution in [1.29, 1.82) is 0 Å². The Morgan fingerprint density at radius 2 is 1.86 bits per heavy atom. The van der Waals surface area contributed by atoms with Gasteiger partial charge in [-0.05, 0) is 32.8 Å². The first-order chi connectivity index (χ1) is 13.6. The predicted octanol–water partition coefficient (Wildman–Crippen LogP) is 2.77. The zero-order valence-electron chi connectivity index (χ0n) is 17.5. The first kappa shape index (κ1) is 20.5. The lowest BCUT2D eigenvalue weighted by Gasteiger charge is -2.22. The summed E-state index contributed by atoms with van der Waals surface area (Å²) in [6, 6.07) is 4.08. The average Bonchev–Trinajstić information content (AvgIpc) is 3.14. The molecule has 152 valence electrons. The van der Waals surface area contributed by atoms with Crippen LogP contribution < -0.4 is 15.4 Å². The molecule has 3 rings (SSSR count). The number of rotatable bonds is 8. The van der Waals surface area contributed by atoms with Gasteiger partial charge in [0.1, 0.15) is 5.82 Å². The van der Waals surface area contributed by atoms with E-state index in [4.69, 9.17) is 19.4 Å². The molecule has 2 aromatic rings. The van der Waals surface area contributed by atoms with Crippen LogP contribution in [0.15, 0.2) is 12.1 Å². The maximum atomic E-state index is 5.86. The molecule has 1 fully saturated rings. The van der Waals surface area contributed by atoms with Gasteiger partial charge in [-0.15, -0.1) is 0 Å². The minimum atomic E-state index is 0.147. The van der Waals surface area contributed by atoms with E-state index in [0.29, 0.717) is 12.5 Å². The Bertz CT molecular complexity index is 812. The summed E-state index contributed by atoms with van der Waals surface area (Å²) in [4.78, 5) is 14.5. The van der Waals surface area contributed by atoms with Gasteiger partial charge in [0.05, 0.1) is 42.0 Å². The zero-order chi connectivity index (χ0) is 20.1. The summed E-state index contributed by atoms with van der Waals surface area (Å²) in [5.74, 6) is 1.47. The largest absolute Gasteiger partial charge is 0.481 e. The third-order valence-corrected chi connectivity index (χ3v) is 5.10. The second-order valence-electron chi connectivity index (χ2n) is 6.91. The summed E-state index contributed by atoms with van der Waals surface area (Å²) in [6.45, 7) is 10.7. The van der Waals surface area contributed by atoms with E-state index >= 15 is 0 Å². The summed E-state index contributed by atoms with van der Waals surface area (Å²) in [5, 5.41) is 6.98. The molecule has 0 saturated carbocycles. The normalized spacial score (nSPS) is 19.0. The molecule has 0 aromatic carbocycles. The molecule has 0 spiro atoms. The van der Waals surface area contributed by atoms with Crippen LogP contribution in [-0.4, -0.2) is 53.9 Å². The number of methoxy groups -OCH3 is 1. The first-order valence-electron chi connectivity index (χ1n) is 10.1. The van der Waals surface area contributed by atoms with Crippen LogP contribution in [0.4, 0.5) is 5.82 Å². The highest BCUT2D eigenvalue weighted by molar-refractivity contribution is 5.66. The van der Waals surface area contributed by atoms with Crippen LogP contribution in [0, 0.1) is 6.92 Å². The van der Waals surface area contributed by atoms with Gasteiger partial charge >= 0.3 is 0 Å². The highest BCUT2D eigenvalue weighted by Gasteiger charge is 2.29. The van der Waals surface area contributed by atoms with Gasteiger partial charge in [-0.3, -0.25) is 0 Å². The molecule has 2 aromatic heterocycles. The molecule has 0 radical (unpaired) electrons. The number of aryl methyl sites for hydroxylation is 3. The number of nitrogens with one attached hydrogen (secondary N) is 2. The number of nitrogens with zero attached hydrogens (tertiary/aromatic N) is 3. The third-order valence-electron chi connectivity index (χ3n) is 5.10. The highest BCUT2D eigenvalue weighted by atomic mass is 16.5.